The highest BCUT2D eigenvalue weighted by atomic mass is 28.3. The van der Waals surface area contributed by atoms with Crippen LogP contribution in [0.4, 0.5) is 4.39 Å². The Morgan fingerprint density at radius 2 is 1.05 bits per heavy atom. The fourth-order valence-electron chi connectivity index (χ4n) is 1.57. The summed E-state index contributed by atoms with van der Waals surface area (Å²) in [6.07, 6.45) is 0. The van der Waals surface area contributed by atoms with Crippen LogP contribution < -0.4 is 0 Å². The fraction of sp³-hybridized carbons (Fsp3) is 0.158. The SMILES string of the molecule is C[Si](C)(C)C#Cc1ccc(C#Cc2ccc(F)cc2)cc1. The van der Waals surface area contributed by atoms with Crippen LogP contribution in [-0.4, -0.2) is 8.07 Å². The molecule has 0 amide bonds. The van der Waals surface area contributed by atoms with Crippen LogP contribution in [0.25, 0.3) is 0 Å². The summed E-state index contributed by atoms with van der Waals surface area (Å²) in [6, 6.07) is 14.1. The van der Waals surface area contributed by atoms with E-state index in [1.165, 1.54) is 12.1 Å². The molecule has 0 atom stereocenters. The molecular formula is C19H17FSi. The van der Waals surface area contributed by atoms with Crippen LogP contribution >= 0.6 is 0 Å². The summed E-state index contributed by atoms with van der Waals surface area (Å²) in [5.74, 6) is 9.06. The van der Waals surface area contributed by atoms with Crippen molar-refractivity contribution in [3.8, 4) is 23.3 Å². The summed E-state index contributed by atoms with van der Waals surface area (Å²) in [5.41, 5.74) is 6.09. The predicted molar refractivity (Wildman–Crippen MR) is 89.0 cm³/mol. The summed E-state index contributed by atoms with van der Waals surface area (Å²) in [6.45, 7) is 6.67. The first-order valence-corrected chi connectivity index (χ1v) is 10.3. The van der Waals surface area contributed by atoms with Crippen molar-refractivity contribution in [3.63, 3.8) is 0 Å². The van der Waals surface area contributed by atoms with Crippen molar-refractivity contribution in [2.45, 2.75) is 19.6 Å². The zero-order chi connectivity index (χ0) is 15.3. The first-order valence-electron chi connectivity index (χ1n) is 6.83. The minimum atomic E-state index is -1.34. The molecule has 2 rings (SSSR count). The molecule has 0 saturated heterocycles. The number of halogens is 1. The van der Waals surface area contributed by atoms with Gasteiger partial charge in [0.05, 0.1) is 0 Å². The number of hydrogen-bond donors (Lipinski definition) is 0. The third kappa shape index (κ3) is 5.30. The van der Waals surface area contributed by atoms with E-state index in [4.69, 9.17) is 0 Å². The molecule has 2 aromatic rings. The lowest BCUT2D eigenvalue weighted by atomic mass is 10.1. The second kappa shape index (κ2) is 6.44. The maximum absolute atomic E-state index is 12.8. The Morgan fingerprint density at radius 3 is 1.48 bits per heavy atom. The first-order chi connectivity index (χ1) is 9.92. The normalized spacial score (nSPS) is 10.1. The molecule has 104 valence electrons. The third-order valence-electron chi connectivity index (χ3n) is 2.66. The first kappa shape index (κ1) is 15.1. The average Bonchev–Trinajstić information content (AvgIpc) is 2.45. The van der Waals surface area contributed by atoms with E-state index >= 15 is 0 Å². The maximum atomic E-state index is 12.8. The van der Waals surface area contributed by atoms with Crippen LogP contribution in [0, 0.1) is 29.1 Å². The van der Waals surface area contributed by atoms with Gasteiger partial charge in [0.15, 0.2) is 0 Å². The average molecular weight is 292 g/mol. The summed E-state index contributed by atoms with van der Waals surface area (Å²) in [5, 5.41) is 0. The zero-order valence-corrected chi connectivity index (χ0v) is 13.5. The molecule has 2 aromatic carbocycles. The Balaban J connectivity index is 2.13. The van der Waals surface area contributed by atoms with Crippen molar-refractivity contribution < 1.29 is 4.39 Å². The maximum Gasteiger partial charge on any atom is 0.129 e. The van der Waals surface area contributed by atoms with Gasteiger partial charge in [-0.25, -0.2) is 4.39 Å². The van der Waals surface area contributed by atoms with E-state index in [0.717, 1.165) is 16.7 Å². The minimum absolute atomic E-state index is 0.245. The molecule has 0 aliphatic heterocycles. The van der Waals surface area contributed by atoms with E-state index in [0.29, 0.717) is 0 Å². The highest BCUT2D eigenvalue weighted by Gasteiger charge is 2.07. The Morgan fingerprint density at radius 1 is 0.667 bits per heavy atom. The van der Waals surface area contributed by atoms with Crippen LogP contribution in [-0.2, 0) is 0 Å². The summed E-state index contributed by atoms with van der Waals surface area (Å²) in [7, 11) is -1.34. The van der Waals surface area contributed by atoms with Gasteiger partial charge in [-0.05, 0) is 48.5 Å². The zero-order valence-electron chi connectivity index (χ0n) is 12.5. The van der Waals surface area contributed by atoms with E-state index < -0.39 is 8.07 Å². The third-order valence-corrected chi connectivity index (χ3v) is 3.54. The molecule has 0 nitrogen and oxygen atoms in total. The Hall–Kier alpha value is -2.29. The smallest absolute Gasteiger partial charge is 0.129 e. The topological polar surface area (TPSA) is 0 Å². The highest BCUT2D eigenvalue weighted by molar-refractivity contribution is 6.83. The van der Waals surface area contributed by atoms with E-state index in [-0.39, 0.29) is 5.82 Å². The molecular weight excluding hydrogens is 275 g/mol. The summed E-state index contributed by atoms with van der Waals surface area (Å²) in [4.78, 5) is 0. The molecule has 0 N–H and O–H groups in total. The molecule has 0 radical (unpaired) electrons. The summed E-state index contributed by atoms with van der Waals surface area (Å²) < 4.78 is 12.8. The minimum Gasteiger partial charge on any atom is -0.207 e. The molecule has 0 spiro atoms. The van der Waals surface area contributed by atoms with Gasteiger partial charge in [0.25, 0.3) is 0 Å². The molecule has 0 saturated carbocycles. The molecule has 0 unspecified atom stereocenters. The fourth-order valence-corrected chi connectivity index (χ4v) is 2.09. The molecule has 0 aliphatic rings. The lowest BCUT2D eigenvalue weighted by molar-refractivity contribution is 0.627. The van der Waals surface area contributed by atoms with Gasteiger partial charge < -0.3 is 0 Å². The van der Waals surface area contributed by atoms with Gasteiger partial charge >= 0.3 is 0 Å². The number of rotatable bonds is 0. The van der Waals surface area contributed by atoms with Gasteiger partial charge in [-0.1, -0.05) is 37.4 Å². The van der Waals surface area contributed by atoms with Gasteiger partial charge in [0.2, 0.25) is 0 Å². The van der Waals surface area contributed by atoms with E-state index in [2.05, 4.69) is 42.9 Å². The quantitative estimate of drug-likeness (QED) is 0.497. The molecule has 0 heterocycles. The Labute approximate surface area is 127 Å². The van der Waals surface area contributed by atoms with E-state index in [1.54, 1.807) is 12.1 Å². The van der Waals surface area contributed by atoms with E-state index in [9.17, 15) is 4.39 Å². The second-order valence-electron chi connectivity index (χ2n) is 5.83. The molecule has 0 fully saturated rings. The lowest BCUT2D eigenvalue weighted by Gasteiger charge is -2.03. The monoisotopic (exact) mass is 292 g/mol. The van der Waals surface area contributed by atoms with Crippen LogP contribution in [0.15, 0.2) is 48.5 Å². The van der Waals surface area contributed by atoms with Gasteiger partial charge in [-0.2, -0.15) is 0 Å². The molecule has 0 aliphatic carbocycles. The van der Waals surface area contributed by atoms with Gasteiger partial charge in [0.1, 0.15) is 13.9 Å². The van der Waals surface area contributed by atoms with Crippen molar-refractivity contribution in [2.75, 3.05) is 0 Å². The van der Waals surface area contributed by atoms with E-state index in [1.807, 2.05) is 24.3 Å². The molecule has 21 heavy (non-hydrogen) atoms. The summed E-state index contributed by atoms with van der Waals surface area (Å²) >= 11 is 0. The Bertz CT molecular complexity index is 727. The van der Waals surface area contributed by atoms with Crippen LogP contribution in [0.5, 0.6) is 0 Å². The van der Waals surface area contributed by atoms with Gasteiger partial charge in [-0.15, -0.1) is 5.54 Å². The highest BCUT2D eigenvalue weighted by Crippen LogP contribution is 2.05. The van der Waals surface area contributed by atoms with Crippen molar-refractivity contribution in [3.05, 3.63) is 71.0 Å². The van der Waals surface area contributed by atoms with Crippen LogP contribution in [0.3, 0.4) is 0 Å². The van der Waals surface area contributed by atoms with Crippen LogP contribution in [0.2, 0.25) is 19.6 Å². The standard InChI is InChI=1S/C19H17FSi/c1-21(2,3)15-14-18-8-6-16(7-9-18)4-5-17-10-12-19(20)13-11-17/h6-13H,1-3H3. The van der Waals surface area contributed by atoms with Crippen LogP contribution in [0.1, 0.15) is 16.7 Å². The molecule has 0 aromatic heterocycles. The van der Waals surface area contributed by atoms with Crippen molar-refractivity contribution >= 4 is 8.07 Å². The second-order valence-corrected chi connectivity index (χ2v) is 10.6. The van der Waals surface area contributed by atoms with Crippen molar-refractivity contribution in [1.29, 1.82) is 0 Å². The lowest BCUT2D eigenvalue weighted by Crippen LogP contribution is -2.16. The number of hydrogen-bond acceptors (Lipinski definition) is 0. The number of benzene rings is 2. The predicted octanol–water partition coefficient (Wildman–Crippen LogP) is 4.45. The van der Waals surface area contributed by atoms with Crippen molar-refractivity contribution in [1.82, 2.24) is 0 Å². The van der Waals surface area contributed by atoms with Gasteiger partial charge in [0, 0.05) is 16.7 Å². The van der Waals surface area contributed by atoms with Crippen molar-refractivity contribution in [2.24, 2.45) is 0 Å². The molecule has 2 heteroatoms. The molecule has 0 bridgehead atoms. The largest absolute Gasteiger partial charge is 0.207 e. The van der Waals surface area contributed by atoms with Gasteiger partial charge in [-0.3, -0.25) is 0 Å². The Kier molecular flexibility index (Phi) is 4.63.